The lowest BCUT2D eigenvalue weighted by atomic mass is 10.3. The standard InChI is InChI=1S/C14H11BrN4S/c15-9-8-17-6-5-11(9)19-12-4-2-1-3-10(12)18-14(19)7-13(16)20/h1-6,8H,7H2,(H2,16,20). The summed E-state index contributed by atoms with van der Waals surface area (Å²) in [6.07, 6.45) is 3.97. The van der Waals surface area contributed by atoms with E-state index in [-0.39, 0.29) is 0 Å². The Labute approximate surface area is 129 Å². The number of aromatic nitrogens is 3. The van der Waals surface area contributed by atoms with Crippen LogP contribution in [0.15, 0.2) is 47.2 Å². The molecule has 2 heterocycles. The normalized spacial score (nSPS) is 10.8. The molecule has 0 saturated carbocycles. The zero-order valence-corrected chi connectivity index (χ0v) is 12.9. The van der Waals surface area contributed by atoms with E-state index in [1.54, 1.807) is 12.4 Å². The Bertz CT molecular complexity index is 797. The zero-order valence-electron chi connectivity index (χ0n) is 10.5. The summed E-state index contributed by atoms with van der Waals surface area (Å²) in [7, 11) is 0. The Morgan fingerprint density at radius 1 is 1.30 bits per heavy atom. The molecule has 4 nitrogen and oxygen atoms in total. The maximum absolute atomic E-state index is 5.69. The summed E-state index contributed by atoms with van der Waals surface area (Å²) in [5.74, 6) is 0.825. The molecule has 2 aromatic heterocycles. The highest BCUT2D eigenvalue weighted by Crippen LogP contribution is 2.26. The molecule has 0 radical (unpaired) electrons. The second kappa shape index (κ2) is 5.30. The number of halogens is 1. The number of para-hydroxylation sites is 2. The van der Waals surface area contributed by atoms with Crippen molar-refractivity contribution < 1.29 is 0 Å². The minimum Gasteiger partial charge on any atom is -0.393 e. The van der Waals surface area contributed by atoms with Gasteiger partial charge in [0.25, 0.3) is 0 Å². The van der Waals surface area contributed by atoms with Gasteiger partial charge < -0.3 is 5.73 Å². The fourth-order valence-electron chi connectivity index (χ4n) is 2.17. The summed E-state index contributed by atoms with van der Waals surface area (Å²) in [6, 6.07) is 9.88. The lowest BCUT2D eigenvalue weighted by molar-refractivity contribution is 0.959. The van der Waals surface area contributed by atoms with E-state index in [0.29, 0.717) is 11.4 Å². The Balaban J connectivity index is 2.31. The monoisotopic (exact) mass is 346 g/mol. The van der Waals surface area contributed by atoms with E-state index in [1.807, 2.05) is 30.3 Å². The van der Waals surface area contributed by atoms with Gasteiger partial charge in [-0.05, 0) is 34.1 Å². The van der Waals surface area contributed by atoms with E-state index in [0.717, 1.165) is 27.0 Å². The Morgan fingerprint density at radius 3 is 2.85 bits per heavy atom. The molecule has 0 atom stereocenters. The second-order valence-electron chi connectivity index (χ2n) is 4.32. The number of fused-ring (bicyclic) bond motifs is 1. The minimum absolute atomic E-state index is 0.423. The topological polar surface area (TPSA) is 56.7 Å². The van der Waals surface area contributed by atoms with Crippen molar-refractivity contribution in [3.05, 3.63) is 53.0 Å². The van der Waals surface area contributed by atoms with E-state index in [2.05, 4.69) is 30.5 Å². The first-order chi connectivity index (χ1) is 9.66. The smallest absolute Gasteiger partial charge is 0.121 e. The van der Waals surface area contributed by atoms with Gasteiger partial charge in [-0.1, -0.05) is 24.4 Å². The van der Waals surface area contributed by atoms with Crippen LogP contribution in [0.3, 0.4) is 0 Å². The molecule has 0 saturated heterocycles. The lowest BCUT2D eigenvalue weighted by Crippen LogP contribution is -2.15. The molecular formula is C14H11BrN4S. The number of rotatable bonds is 3. The largest absolute Gasteiger partial charge is 0.393 e. The lowest BCUT2D eigenvalue weighted by Gasteiger charge is -2.10. The molecule has 3 rings (SSSR count). The number of thiocarbonyl (C=S) groups is 1. The van der Waals surface area contributed by atoms with Crippen molar-refractivity contribution in [2.75, 3.05) is 0 Å². The molecule has 0 spiro atoms. The predicted molar refractivity (Wildman–Crippen MR) is 87.1 cm³/mol. The molecular weight excluding hydrogens is 336 g/mol. The average molecular weight is 347 g/mol. The first kappa shape index (κ1) is 13.2. The molecule has 1 aromatic carbocycles. The Morgan fingerprint density at radius 2 is 2.10 bits per heavy atom. The van der Waals surface area contributed by atoms with Crippen LogP contribution in [0.5, 0.6) is 0 Å². The highest BCUT2D eigenvalue weighted by molar-refractivity contribution is 9.10. The van der Waals surface area contributed by atoms with Crippen LogP contribution >= 0.6 is 28.1 Å². The van der Waals surface area contributed by atoms with Crippen molar-refractivity contribution in [1.29, 1.82) is 0 Å². The number of benzene rings is 1. The molecule has 2 N–H and O–H groups in total. The molecule has 0 amide bonds. The first-order valence-electron chi connectivity index (χ1n) is 6.01. The zero-order chi connectivity index (χ0) is 14.1. The maximum Gasteiger partial charge on any atom is 0.121 e. The third-order valence-corrected chi connectivity index (χ3v) is 3.71. The number of pyridine rings is 1. The molecule has 0 aliphatic rings. The van der Waals surface area contributed by atoms with E-state index in [4.69, 9.17) is 18.0 Å². The second-order valence-corrected chi connectivity index (χ2v) is 5.70. The summed E-state index contributed by atoms with van der Waals surface area (Å²) in [4.78, 5) is 9.14. The van der Waals surface area contributed by atoms with Gasteiger partial charge in [-0.3, -0.25) is 9.55 Å². The van der Waals surface area contributed by atoms with Crippen LogP contribution < -0.4 is 5.73 Å². The van der Waals surface area contributed by atoms with E-state index in [9.17, 15) is 0 Å². The highest BCUT2D eigenvalue weighted by Gasteiger charge is 2.14. The molecule has 0 unspecified atom stereocenters. The van der Waals surface area contributed by atoms with E-state index >= 15 is 0 Å². The number of nitrogens with two attached hydrogens (primary N) is 1. The molecule has 20 heavy (non-hydrogen) atoms. The van der Waals surface area contributed by atoms with Crippen LogP contribution in [0, 0.1) is 0 Å². The van der Waals surface area contributed by atoms with Gasteiger partial charge in [-0.25, -0.2) is 4.98 Å². The third-order valence-electron chi connectivity index (χ3n) is 2.95. The van der Waals surface area contributed by atoms with Gasteiger partial charge in [0.15, 0.2) is 0 Å². The summed E-state index contributed by atoms with van der Waals surface area (Å²) >= 11 is 8.55. The van der Waals surface area contributed by atoms with Gasteiger partial charge in [0, 0.05) is 12.4 Å². The van der Waals surface area contributed by atoms with Crippen molar-refractivity contribution in [2.24, 2.45) is 5.73 Å². The van der Waals surface area contributed by atoms with Crippen molar-refractivity contribution in [3.8, 4) is 5.69 Å². The molecule has 0 fully saturated rings. The van der Waals surface area contributed by atoms with Crippen molar-refractivity contribution >= 4 is 44.2 Å². The Hall–Kier alpha value is -1.79. The van der Waals surface area contributed by atoms with Crippen molar-refractivity contribution in [2.45, 2.75) is 6.42 Å². The summed E-state index contributed by atoms with van der Waals surface area (Å²) in [5, 5.41) is 0. The van der Waals surface area contributed by atoms with E-state index < -0.39 is 0 Å². The predicted octanol–water partition coefficient (Wildman–Crippen LogP) is 3.01. The van der Waals surface area contributed by atoms with Crippen LogP contribution in [-0.2, 0) is 6.42 Å². The maximum atomic E-state index is 5.69. The SMILES string of the molecule is NC(=S)Cc1nc2ccccc2n1-c1ccncc1Br. The highest BCUT2D eigenvalue weighted by atomic mass is 79.9. The summed E-state index contributed by atoms with van der Waals surface area (Å²) < 4.78 is 2.95. The van der Waals surface area contributed by atoms with Gasteiger partial charge in [-0.15, -0.1) is 0 Å². The number of imidazole rings is 1. The molecule has 6 heteroatoms. The minimum atomic E-state index is 0.423. The van der Waals surface area contributed by atoms with Gasteiger partial charge in [-0.2, -0.15) is 0 Å². The molecule has 3 aromatic rings. The van der Waals surface area contributed by atoms with Crippen LogP contribution in [0.1, 0.15) is 5.82 Å². The van der Waals surface area contributed by atoms with Gasteiger partial charge in [0.05, 0.1) is 32.6 Å². The third kappa shape index (κ3) is 2.32. The van der Waals surface area contributed by atoms with Crippen LogP contribution in [0.25, 0.3) is 16.7 Å². The molecule has 100 valence electrons. The molecule has 0 aliphatic heterocycles. The number of hydrogen-bond donors (Lipinski definition) is 1. The number of hydrogen-bond acceptors (Lipinski definition) is 3. The quantitative estimate of drug-likeness (QED) is 0.740. The van der Waals surface area contributed by atoms with Crippen molar-refractivity contribution in [1.82, 2.24) is 14.5 Å². The first-order valence-corrected chi connectivity index (χ1v) is 7.21. The van der Waals surface area contributed by atoms with Crippen LogP contribution in [-0.4, -0.2) is 19.5 Å². The summed E-state index contributed by atoms with van der Waals surface area (Å²) in [6.45, 7) is 0. The molecule has 0 bridgehead atoms. The van der Waals surface area contributed by atoms with Gasteiger partial charge in [0.1, 0.15) is 5.82 Å². The average Bonchev–Trinajstić information content (AvgIpc) is 2.76. The molecule has 0 aliphatic carbocycles. The van der Waals surface area contributed by atoms with Gasteiger partial charge in [0.2, 0.25) is 0 Å². The Kier molecular flexibility index (Phi) is 3.50. The van der Waals surface area contributed by atoms with Gasteiger partial charge >= 0.3 is 0 Å². The fourth-order valence-corrected chi connectivity index (χ4v) is 2.73. The van der Waals surface area contributed by atoms with Crippen LogP contribution in [0.2, 0.25) is 0 Å². The van der Waals surface area contributed by atoms with Crippen molar-refractivity contribution in [3.63, 3.8) is 0 Å². The number of nitrogens with zero attached hydrogens (tertiary/aromatic N) is 3. The van der Waals surface area contributed by atoms with Crippen LogP contribution in [0.4, 0.5) is 0 Å². The van der Waals surface area contributed by atoms with E-state index in [1.165, 1.54) is 0 Å². The summed E-state index contributed by atoms with van der Waals surface area (Å²) in [5.41, 5.74) is 8.60. The fraction of sp³-hybridized carbons (Fsp3) is 0.0714.